The van der Waals surface area contributed by atoms with Crippen LogP contribution in [0.25, 0.3) is 0 Å². The van der Waals surface area contributed by atoms with E-state index in [0.717, 1.165) is 22.4 Å². The number of aliphatic hydroxyl groups excluding tert-OH is 1. The van der Waals surface area contributed by atoms with Gasteiger partial charge in [-0.15, -0.1) is 0 Å². The predicted octanol–water partition coefficient (Wildman–Crippen LogP) is 3.01. The van der Waals surface area contributed by atoms with Gasteiger partial charge in [-0.3, -0.25) is 0 Å². The second-order valence-electron chi connectivity index (χ2n) is 4.73. The molecule has 0 aromatic heterocycles. The Morgan fingerprint density at radius 2 is 1.86 bits per heavy atom. The van der Waals surface area contributed by atoms with Crippen LogP contribution in [0, 0.1) is 18.8 Å². The van der Waals surface area contributed by atoms with Gasteiger partial charge in [0.05, 0.1) is 12.2 Å². The molecule has 0 saturated heterocycles. The summed E-state index contributed by atoms with van der Waals surface area (Å²) in [6.45, 7) is 2.47. The lowest BCUT2D eigenvalue weighted by Crippen LogP contribution is -1.97. The molecule has 0 aliphatic carbocycles. The van der Waals surface area contributed by atoms with Crippen LogP contribution in [0.4, 0.5) is 0 Å². The number of rotatable bonds is 4. The normalized spacial score (nSPS) is 9.81. The summed E-state index contributed by atoms with van der Waals surface area (Å²) in [6.07, 6.45) is 0.450. The zero-order valence-corrected chi connectivity index (χ0v) is 12.0. The Morgan fingerprint density at radius 1 is 1.10 bits per heavy atom. The number of aryl methyl sites for hydroxylation is 1. The molecule has 21 heavy (non-hydrogen) atoms. The molecule has 2 rings (SSSR count). The third kappa shape index (κ3) is 4.55. The lowest BCUT2D eigenvalue weighted by Gasteiger charge is -2.09. The number of benzene rings is 2. The van der Waals surface area contributed by atoms with Crippen LogP contribution in [0.5, 0.6) is 11.5 Å². The highest BCUT2D eigenvalue weighted by atomic mass is 16.5. The van der Waals surface area contributed by atoms with Crippen LogP contribution in [-0.4, -0.2) is 16.8 Å². The van der Waals surface area contributed by atoms with Crippen LogP contribution in [0.3, 0.4) is 0 Å². The Hall–Kier alpha value is -2.44. The van der Waals surface area contributed by atoms with E-state index in [0.29, 0.717) is 13.0 Å². The van der Waals surface area contributed by atoms with Gasteiger partial charge >= 0.3 is 0 Å². The second-order valence-corrected chi connectivity index (χ2v) is 4.73. The van der Waals surface area contributed by atoms with Gasteiger partial charge in [-0.25, -0.2) is 0 Å². The maximum Gasteiger partial charge on any atom is 0.135 e. The Bertz CT molecular complexity index is 648. The topological polar surface area (TPSA) is 49.7 Å². The summed E-state index contributed by atoms with van der Waals surface area (Å²) in [5.74, 6) is 6.90. The van der Waals surface area contributed by atoms with Crippen LogP contribution in [-0.2, 0) is 6.61 Å². The fourth-order valence-electron chi connectivity index (χ4n) is 1.83. The van der Waals surface area contributed by atoms with Gasteiger partial charge < -0.3 is 14.9 Å². The molecule has 0 radical (unpaired) electrons. The van der Waals surface area contributed by atoms with Gasteiger partial charge in [0.15, 0.2) is 0 Å². The summed E-state index contributed by atoms with van der Waals surface area (Å²) in [5.41, 5.74) is 2.91. The third-order valence-electron chi connectivity index (χ3n) is 2.93. The lowest BCUT2D eigenvalue weighted by molar-refractivity contribution is 0.304. The quantitative estimate of drug-likeness (QED) is 0.848. The van der Waals surface area contributed by atoms with Crippen molar-refractivity contribution in [3.05, 3.63) is 59.2 Å². The van der Waals surface area contributed by atoms with Crippen molar-refractivity contribution in [2.45, 2.75) is 20.0 Å². The van der Waals surface area contributed by atoms with Crippen molar-refractivity contribution in [2.24, 2.45) is 0 Å². The lowest BCUT2D eigenvalue weighted by atomic mass is 10.1. The fraction of sp³-hybridized carbons (Fsp3) is 0.222. The van der Waals surface area contributed by atoms with E-state index in [4.69, 9.17) is 9.84 Å². The maximum atomic E-state index is 9.26. The van der Waals surface area contributed by atoms with Crippen molar-refractivity contribution >= 4 is 0 Å². The molecule has 2 aromatic rings. The molecule has 3 nitrogen and oxygen atoms in total. The summed E-state index contributed by atoms with van der Waals surface area (Å²) in [4.78, 5) is 0. The molecule has 3 heteroatoms. The molecule has 0 amide bonds. The van der Waals surface area contributed by atoms with Crippen LogP contribution in [0.2, 0.25) is 0 Å². The highest BCUT2D eigenvalue weighted by molar-refractivity contribution is 5.48. The molecule has 0 bridgehead atoms. The molecule has 0 spiro atoms. The van der Waals surface area contributed by atoms with E-state index in [1.54, 1.807) is 12.1 Å². The van der Waals surface area contributed by atoms with Gasteiger partial charge in [-0.05, 0) is 42.3 Å². The van der Waals surface area contributed by atoms with E-state index < -0.39 is 0 Å². The van der Waals surface area contributed by atoms with Crippen LogP contribution in [0.1, 0.15) is 23.1 Å². The smallest absolute Gasteiger partial charge is 0.135 e. The molecule has 2 aromatic carbocycles. The highest BCUT2D eigenvalue weighted by Gasteiger charge is 2.03. The van der Waals surface area contributed by atoms with Crippen molar-refractivity contribution < 1.29 is 14.9 Å². The van der Waals surface area contributed by atoms with Crippen molar-refractivity contribution in [1.29, 1.82) is 0 Å². The van der Waals surface area contributed by atoms with Gasteiger partial charge in [-0.2, -0.15) is 0 Å². The van der Waals surface area contributed by atoms with Crippen molar-refractivity contribution in [1.82, 2.24) is 0 Å². The van der Waals surface area contributed by atoms with Gasteiger partial charge in [0.2, 0.25) is 0 Å². The van der Waals surface area contributed by atoms with Crippen molar-refractivity contribution in [3.63, 3.8) is 0 Å². The molecule has 0 aliphatic rings. The van der Waals surface area contributed by atoms with Crippen molar-refractivity contribution in [2.75, 3.05) is 6.61 Å². The minimum atomic E-state index is 0.0581. The zero-order valence-electron chi connectivity index (χ0n) is 12.0. The molecular weight excluding hydrogens is 264 g/mol. The molecule has 0 atom stereocenters. The minimum Gasteiger partial charge on any atom is -0.508 e. The summed E-state index contributed by atoms with van der Waals surface area (Å²) < 4.78 is 5.80. The summed E-state index contributed by atoms with van der Waals surface area (Å²) in [7, 11) is 0. The molecule has 0 unspecified atom stereocenters. The average Bonchev–Trinajstić information content (AvgIpc) is 2.48. The number of phenols is 1. The molecular formula is C18H18O3. The first-order valence-corrected chi connectivity index (χ1v) is 6.80. The van der Waals surface area contributed by atoms with Gasteiger partial charge in [-0.1, -0.05) is 30.0 Å². The average molecular weight is 282 g/mol. The van der Waals surface area contributed by atoms with E-state index in [-0.39, 0.29) is 12.4 Å². The second kappa shape index (κ2) is 7.37. The first kappa shape index (κ1) is 15.0. The number of phenolic OH excluding ortho intramolecular Hbond substituents is 1. The predicted molar refractivity (Wildman–Crippen MR) is 82.2 cm³/mol. The largest absolute Gasteiger partial charge is 0.508 e. The number of ether oxygens (including phenoxy) is 1. The standard InChI is InChI=1S/C18H18O3/c1-14-5-10-18(16(12-14)4-2-3-11-19)21-13-15-6-8-17(20)9-7-15/h5-10,12,19-20H,3,11,13H2,1H3. The molecule has 0 saturated carbocycles. The first-order valence-electron chi connectivity index (χ1n) is 6.80. The number of hydrogen-bond acceptors (Lipinski definition) is 3. The SMILES string of the molecule is Cc1ccc(OCc2ccc(O)cc2)c(C#CCCO)c1. The monoisotopic (exact) mass is 282 g/mol. The fourth-order valence-corrected chi connectivity index (χ4v) is 1.83. The number of hydrogen-bond donors (Lipinski definition) is 2. The zero-order chi connectivity index (χ0) is 15.1. The summed E-state index contributed by atoms with van der Waals surface area (Å²) in [6, 6.07) is 12.8. The van der Waals surface area contributed by atoms with Gasteiger partial charge in [0, 0.05) is 6.42 Å². The maximum absolute atomic E-state index is 9.26. The van der Waals surface area contributed by atoms with Crippen LogP contribution < -0.4 is 4.74 Å². The van der Waals surface area contributed by atoms with E-state index in [1.807, 2.05) is 37.3 Å². The summed E-state index contributed by atoms with van der Waals surface area (Å²) in [5, 5.41) is 18.0. The minimum absolute atomic E-state index is 0.0581. The number of aliphatic hydroxyl groups is 1. The molecule has 108 valence electrons. The Kier molecular flexibility index (Phi) is 5.25. The van der Waals surface area contributed by atoms with Gasteiger partial charge in [0.1, 0.15) is 18.1 Å². The molecule has 2 N–H and O–H groups in total. The van der Waals surface area contributed by atoms with Crippen LogP contribution >= 0.6 is 0 Å². The number of aromatic hydroxyl groups is 1. The van der Waals surface area contributed by atoms with E-state index >= 15 is 0 Å². The Labute approximate surface area is 124 Å². The molecule has 0 aliphatic heterocycles. The Morgan fingerprint density at radius 3 is 2.57 bits per heavy atom. The summed E-state index contributed by atoms with van der Waals surface area (Å²) >= 11 is 0. The Balaban J connectivity index is 2.12. The van der Waals surface area contributed by atoms with Crippen molar-refractivity contribution in [3.8, 4) is 23.3 Å². The van der Waals surface area contributed by atoms with E-state index in [2.05, 4.69) is 11.8 Å². The first-order chi connectivity index (χ1) is 10.2. The van der Waals surface area contributed by atoms with E-state index in [9.17, 15) is 5.11 Å². The molecule has 0 heterocycles. The highest BCUT2D eigenvalue weighted by Crippen LogP contribution is 2.21. The van der Waals surface area contributed by atoms with E-state index in [1.165, 1.54) is 0 Å². The van der Waals surface area contributed by atoms with Crippen LogP contribution in [0.15, 0.2) is 42.5 Å². The molecule has 0 fully saturated rings. The van der Waals surface area contributed by atoms with Gasteiger partial charge in [0.25, 0.3) is 0 Å². The third-order valence-corrected chi connectivity index (χ3v) is 2.93.